The first-order chi connectivity index (χ1) is 13.8. The van der Waals surface area contributed by atoms with Crippen molar-refractivity contribution in [3.8, 4) is 0 Å². The average molecular weight is 416 g/mol. The van der Waals surface area contributed by atoms with Gasteiger partial charge in [-0.2, -0.15) is 0 Å². The van der Waals surface area contributed by atoms with Crippen LogP contribution in [0.15, 0.2) is 0 Å². The van der Waals surface area contributed by atoms with Gasteiger partial charge in [0.05, 0.1) is 18.0 Å². The molecule has 3 atom stereocenters. The van der Waals surface area contributed by atoms with Crippen molar-refractivity contribution < 1.29 is 19.2 Å². The summed E-state index contributed by atoms with van der Waals surface area (Å²) in [5.74, 6) is -1.72. The summed E-state index contributed by atoms with van der Waals surface area (Å²) in [7, 11) is 8.34. The van der Waals surface area contributed by atoms with E-state index < -0.39 is 18.0 Å². The largest absolute Gasteiger partial charge is 0.359 e. The standard InChI is InChI=1S/C18H37N7O4/c1-19-10-13(21-3)15(26)8-12(17(28)24-7-6-16(27)23-5)9-25-18(29)14(22-4)11-20-2/h12-14,19-22H,6-11H2,1-5H3,(H,23,27)(H,24,28)(H,25,29). The SMILES string of the molecule is CNCC(NC)C(=O)CC(CNC(=O)C(CNC)NC)C(=O)NCCC(=O)NC. The van der Waals surface area contributed by atoms with Gasteiger partial charge in [-0.15, -0.1) is 0 Å². The van der Waals surface area contributed by atoms with Gasteiger partial charge in [0.15, 0.2) is 5.78 Å². The van der Waals surface area contributed by atoms with Crippen molar-refractivity contribution in [2.45, 2.75) is 24.9 Å². The minimum atomic E-state index is -0.740. The third-order valence-corrected chi connectivity index (χ3v) is 4.49. The van der Waals surface area contributed by atoms with Gasteiger partial charge in [0, 0.05) is 46.1 Å². The van der Waals surface area contributed by atoms with Crippen molar-refractivity contribution in [2.24, 2.45) is 5.92 Å². The monoisotopic (exact) mass is 415 g/mol. The lowest BCUT2D eigenvalue weighted by Crippen LogP contribution is -2.51. The predicted octanol–water partition coefficient (Wildman–Crippen LogP) is -3.45. The normalized spacial score (nSPS) is 13.8. The van der Waals surface area contributed by atoms with Crippen LogP contribution in [0.3, 0.4) is 0 Å². The lowest BCUT2D eigenvalue weighted by molar-refractivity contribution is -0.131. The van der Waals surface area contributed by atoms with Gasteiger partial charge in [0.25, 0.3) is 0 Å². The van der Waals surface area contributed by atoms with E-state index in [2.05, 4.69) is 37.2 Å². The van der Waals surface area contributed by atoms with E-state index in [-0.39, 0.29) is 49.4 Å². The van der Waals surface area contributed by atoms with Crippen LogP contribution in [0, 0.1) is 5.92 Å². The van der Waals surface area contributed by atoms with Crippen molar-refractivity contribution in [1.29, 1.82) is 0 Å². The second-order valence-corrected chi connectivity index (χ2v) is 6.62. The molecule has 0 radical (unpaired) electrons. The fraction of sp³-hybridized carbons (Fsp3) is 0.778. The van der Waals surface area contributed by atoms with E-state index in [0.29, 0.717) is 13.1 Å². The van der Waals surface area contributed by atoms with Crippen LogP contribution >= 0.6 is 0 Å². The van der Waals surface area contributed by atoms with Crippen molar-refractivity contribution >= 4 is 23.5 Å². The van der Waals surface area contributed by atoms with Gasteiger partial charge in [0.1, 0.15) is 0 Å². The molecule has 0 bridgehead atoms. The third kappa shape index (κ3) is 10.9. The molecule has 0 spiro atoms. The molecule has 0 aromatic heterocycles. The van der Waals surface area contributed by atoms with Gasteiger partial charge in [-0.1, -0.05) is 0 Å². The Kier molecular flexibility index (Phi) is 14.7. The molecule has 0 fully saturated rings. The van der Waals surface area contributed by atoms with Crippen LogP contribution in [-0.2, 0) is 19.2 Å². The molecule has 0 aliphatic rings. The second-order valence-electron chi connectivity index (χ2n) is 6.62. The van der Waals surface area contributed by atoms with Gasteiger partial charge >= 0.3 is 0 Å². The zero-order valence-electron chi connectivity index (χ0n) is 18.1. The van der Waals surface area contributed by atoms with Crippen molar-refractivity contribution in [3.63, 3.8) is 0 Å². The molecule has 7 N–H and O–H groups in total. The Morgan fingerprint density at radius 3 is 1.83 bits per heavy atom. The number of amides is 3. The molecule has 0 saturated carbocycles. The second kappa shape index (κ2) is 15.8. The summed E-state index contributed by atoms with van der Waals surface area (Å²) in [5.41, 5.74) is 0. The maximum Gasteiger partial charge on any atom is 0.238 e. The average Bonchev–Trinajstić information content (AvgIpc) is 2.72. The Bertz CT molecular complexity index is 530. The van der Waals surface area contributed by atoms with Crippen LogP contribution in [-0.4, -0.2) is 97.0 Å². The summed E-state index contributed by atoms with van der Waals surface area (Å²) in [5, 5.41) is 19.5. The lowest BCUT2D eigenvalue weighted by atomic mass is 9.97. The lowest BCUT2D eigenvalue weighted by Gasteiger charge is -2.22. The third-order valence-electron chi connectivity index (χ3n) is 4.49. The van der Waals surface area contributed by atoms with E-state index in [1.54, 1.807) is 28.2 Å². The number of ketones is 1. The number of rotatable bonds is 16. The summed E-state index contributed by atoms with van der Waals surface area (Å²) in [4.78, 5) is 48.8. The molecule has 0 heterocycles. The number of carbonyl (C=O) groups is 4. The molecular weight excluding hydrogens is 378 g/mol. The van der Waals surface area contributed by atoms with Crippen LogP contribution in [0.2, 0.25) is 0 Å². The number of carbonyl (C=O) groups excluding carboxylic acids is 4. The molecule has 29 heavy (non-hydrogen) atoms. The smallest absolute Gasteiger partial charge is 0.238 e. The zero-order valence-corrected chi connectivity index (χ0v) is 18.1. The molecule has 0 aliphatic heterocycles. The summed E-state index contributed by atoms with van der Waals surface area (Å²) >= 11 is 0. The van der Waals surface area contributed by atoms with Gasteiger partial charge in [-0.05, 0) is 28.2 Å². The van der Waals surface area contributed by atoms with Gasteiger partial charge in [-0.3, -0.25) is 19.2 Å². The molecule has 11 nitrogen and oxygen atoms in total. The predicted molar refractivity (Wildman–Crippen MR) is 111 cm³/mol. The molecule has 11 heteroatoms. The molecular formula is C18H37N7O4. The Morgan fingerprint density at radius 1 is 0.724 bits per heavy atom. The number of Topliss-reactive ketones (excluding diaryl/α,β-unsaturated/α-hetero) is 1. The highest BCUT2D eigenvalue weighted by Crippen LogP contribution is 2.06. The maximum atomic E-state index is 12.6. The first-order valence-electron chi connectivity index (χ1n) is 9.76. The number of hydrogen-bond acceptors (Lipinski definition) is 8. The summed E-state index contributed by atoms with van der Waals surface area (Å²) < 4.78 is 0. The maximum absolute atomic E-state index is 12.6. The van der Waals surface area contributed by atoms with Crippen molar-refractivity contribution in [2.75, 3.05) is 61.4 Å². The van der Waals surface area contributed by atoms with Crippen LogP contribution in [0.25, 0.3) is 0 Å². The van der Waals surface area contributed by atoms with Crippen LogP contribution < -0.4 is 37.2 Å². The highest BCUT2D eigenvalue weighted by molar-refractivity contribution is 5.91. The van der Waals surface area contributed by atoms with Crippen LogP contribution in [0.4, 0.5) is 0 Å². The molecule has 3 amide bonds. The molecule has 168 valence electrons. The summed E-state index contributed by atoms with van der Waals surface area (Å²) in [6.45, 7) is 1.03. The zero-order chi connectivity index (χ0) is 22.2. The highest BCUT2D eigenvalue weighted by atomic mass is 16.2. The minimum absolute atomic E-state index is 0.0221. The quantitative estimate of drug-likeness (QED) is 0.137. The Morgan fingerprint density at radius 2 is 1.31 bits per heavy atom. The fourth-order valence-electron chi connectivity index (χ4n) is 2.67. The van der Waals surface area contributed by atoms with E-state index in [1.807, 2.05) is 0 Å². The first kappa shape index (κ1) is 26.9. The Hall–Kier alpha value is -2.08. The molecule has 3 unspecified atom stereocenters. The van der Waals surface area contributed by atoms with E-state index in [0.717, 1.165) is 0 Å². The summed E-state index contributed by atoms with van der Waals surface area (Å²) in [6, 6.07) is -0.895. The molecule has 0 aromatic carbocycles. The van der Waals surface area contributed by atoms with Crippen molar-refractivity contribution in [3.05, 3.63) is 0 Å². The topological polar surface area (TPSA) is 152 Å². The van der Waals surface area contributed by atoms with Crippen LogP contribution in [0.5, 0.6) is 0 Å². The molecule has 0 aromatic rings. The number of nitrogens with one attached hydrogen (secondary N) is 7. The van der Waals surface area contributed by atoms with E-state index in [9.17, 15) is 19.2 Å². The molecule has 0 rings (SSSR count). The van der Waals surface area contributed by atoms with E-state index >= 15 is 0 Å². The number of likely N-dealkylation sites (N-methyl/N-ethyl adjacent to an activating group) is 4. The van der Waals surface area contributed by atoms with Gasteiger partial charge in [-0.25, -0.2) is 0 Å². The minimum Gasteiger partial charge on any atom is -0.359 e. The van der Waals surface area contributed by atoms with Gasteiger partial charge in [0.2, 0.25) is 17.7 Å². The Labute approximate surface area is 172 Å². The molecule has 0 aliphatic carbocycles. The van der Waals surface area contributed by atoms with E-state index in [4.69, 9.17) is 0 Å². The van der Waals surface area contributed by atoms with Crippen LogP contribution in [0.1, 0.15) is 12.8 Å². The fourth-order valence-corrected chi connectivity index (χ4v) is 2.67. The first-order valence-corrected chi connectivity index (χ1v) is 9.76. The van der Waals surface area contributed by atoms with E-state index in [1.165, 1.54) is 7.05 Å². The Balaban J connectivity index is 5.02. The molecule has 0 saturated heterocycles. The highest BCUT2D eigenvalue weighted by Gasteiger charge is 2.27. The summed E-state index contributed by atoms with van der Waals surface area (Å²) in [6.07, 6.45) is 0.105. The van der Waals surface area contributed by atoms with Gasteiger partial charge < -0.3 is 37.2 Å². The van der Waals surface area contributed by atoms with Crippen molar-refractivity contribution in [1.82, 2.24) is 37.2 Å². The number of hydrogen-bond donors (Lipinski definition) is 7.